The third-order valence-corrected chi connectivity index (χ3v) is 5.76. The Balaban J connectivity index is 1.58. The Morgan fingerprint density at radius 2 is 1.48 bits per heavy atom. The van der Waals surface area contributed by atoms with Crippen LogP contribution in [0.4, 0.5) is 14.5 Å². The van der Waals surface area contributed by atoms with Crippen molar-refractivity contribution in [2.45, 2.75) is 6.61 Å². The van der Waals surface area contributed by atoms with Crippen LogP contribution in [0.3, 0.4) is 0 Å². The van der Waals surface area contributed by atoms with Gasteiger partial charge >= 0.3 is 0 Å². The number of ether oxygens (including phenoxy) is 2. The van der Waals surface area contributed by atoms with Gasteiger partial charge in [-0.15, -0.1) is 0 Å². The molecule has 0 atom stereocenters. The molecule has 0 saturated heterocycles. The van der Waals surface area contributed by atoms with E-state index in [1.54, 1.807) is 30.3 Å². The van der Waals surface area contributed by atoms with Gasteiger partial charge in [0, 0.05) is 16.7 Å². The minimum atomic E-state index is -0.394. The lowest BCUT2D eigenvalue weighted by molar-refractivity contribution is -0.118. The van der Waals surface area contributed by atoms with Crippen molar-refractivity contribution in [3.8, 4) is 45.1 Å². The summed E-state index contributed by atoms with van der Waals surface area (Å²) in [6.45, 7) is 0.225. The fourth-order valence-electron chi connectivity index (χ4n) is 4.18. The van der Waals surface area contributed by atoms with Crippen molar-refractivity contribution in [2.75, 3.05) is 11.9 Å². The minimum absolute atomic E-state index is 0.0273. The number of nitrogens with one attached hydrogen (secondary N) is 1. The molecule has 3 heterocycles. The number of carbonyl (C=O) groups excluding carboxylic acids is 1. The normalized spacial score (nSPS) is 13.7. The molecule has 2 aliphatic rings. The number of benzene rings is 3. The minimum Gasteiger partial charge on any atom is -0.488 e. The van der Waals surface area contributed by atoms with Crippen LogP contribution in [0.1, 0.15) is 5.56 Å². The van der Waals surface area contributed by atoms with Gasteiger partial charge in [0.2, 0.25) is 0 Å². The molecule has 6 rings (SSSR count). The van der Waals surface area contributed by atoms with E-state index in [4.69, 9.17) is 14.5 Å². The molecule has 2 aliphatic heterocycles. The van der Waals surface area contributed by atoms with Crippen LogP contribution in [-0.4, -0.2) is 17.5 Å². The molecule has 1 N–H and O–H groups in total. The van der Waals surface area contributed by atoms with Gasteiger partial charge < -0.3 is 14.8 Å². The van der Waals surface area contributed by atoms with E-state index in [0.717, 1.165) is 22.3 Å². The maximum atomic E-state index is 14.1. The molecule has 0 fully saturated rings. The van der Waals surface area contributed by atoms with Crippen molar-refractivity contribution in [3.63, 3.8) is 0 Å². The van der Waals surface area contributed by atoms with Crippen molar-refractivity contribution in [1.29, 1.82) is 0 Å². The first-order valence-electron chi connectivity index (χ1n) is 10.3. The second-order valence-electron chi connectivity index (χ2n) is 7.87. The molecule has 0 aliphatic carbocycles. The quantitative estimate of drug-likeness (QED) is 0.440. The molecule has 0 unspecified atom stereocenters. The molecule has 1 amide bonds. The number of aromatic nitrogens is 1. The predicted molar refractivity (Wildman–Crippen MR) is 119 cm³/mol. The molecule has 1 aromatic heterocycles. The summed E-state index contributed by atoms with van der Waals surface area (Å²) in [7, 11) is 0. The fourth-order valence-corrected chi connectivity index (χ4v) is 4.18. The molecule has 5 nitrogen and oxygen atoms in total. The first kappa shape index (κ1) is 19.4. The zero-order valence-electron chi connectivity index (χ0n) is 17.2. The van der Waals surface area contributed by atoms with E-state index in [1.807, 2.05) is 12.1 Å². The summed E-state index contributed by atoms with van der Waals surface area (Å²) in [5, 5.41) is 2.81. The number of anilines is 1. The number of halogens is 2. The topological polar surface area (TPSA) is 60.5 Å². The van der Waals surface area contributed by atoms with Crippen molar-refractivity contribution >= 4 is 11.6 Å². The lowest BCUT2D eigenvalue weighted by Gasteiger charge is -2.24. The van der Waals surface area contributed by atoms with Crippen molar-refractivity contribution in [1.82, 2.24) is 4.98 Å². The van der Waals surface area contributed by atoms with Crippen LogP contribution in [0, 0.1) is 11.6 Å². The van der Waals surface area contributed by atoms with Gasteiger partial charge in [-0.3, -0.25) is 4.79 Å². The van der Waals surface area contributed by atoms with Crippen LogP contribution in [-0.2, 0) is 11.4 Å². The van der Waals surface area contributed by atoms with Gasteiger partial charge in [0.1, 0.15) is 29.7 Å². The highest BCUT2D eigenvalue weighted by Gasteiger charge is 2.25. The van der Waals surface area contributed by atoms with E-state index in [2.05, 4.69) is 5.32 Å². The highest BCUT2D eigenvalue weighted by Crippen LogP contribution is 2.43. The molecule has 3 aromatic carbocycles. The molecule has 7 heteroatoms. The molecular weight excluding hydrogens is 426 g/mol. The van der Waals surface area contributed by atoms with Gasteiger partial charge in [0.15, 0.2) is 6.61 Å². The Kier molecular flexibility index (Phi) is 4.36. The number of fused-ring (bicyclic) bond motifs is 4. The van der Waals surface area contributed by atoms with Crippen LogP contribution in [0.25, 0.3) is 33.6 Å². The molecule has 0 spiro atoms. The summed E-state index contributed by atoms with van der Waals surface area (Å²) in [6.07, 6.45) is 0. The highest BCUT2D eigenvalue weighted by molar-refractivity contribution is 5.96. The summed E-state index contributed by atoms with van der Waals surface area (Å²) in [5.41, 5.74) is 5.46. The Hall–Kier alpha value is -4.26. The van der Waals surface area contributed by atoms with E-state index in [9.17, 15) is 13.6 Å². The van der Waals surface area contributed by atoms with Gasteiger partial charge in [-0.1, -0.05) is 12.1 Å². The standard InChI is InChI=1S/C26H16F2N2O3/c27-16-4-1-14(2-5-16)18-11-21(15-3-7-24-22(9-15)29-25(31)13-33-24)30-26-19-10-17(28)6-8-23(19)32-12-20(18)26/h1-11H,12-13H2,(H,29,31). The zero-order chi connectivity index (χ0) is 22.5. The number of hydrogen-bond donors (Lipinski definition) is 1. The number of hydrogen-bond acceptors (Lipinski definition) is 4. The van der Waals surface area contributed by atoms with Gasteiger partial charge in [0.05, 0.1) is 17.1 Å². The molecule has 0 saturated carbocycles. The smallest absolute Gasteiger partial charge is 0.262 e. The van der Waals surface area contributed by atoms with E-state index in [0.29, 0.717) is 34.1 Å². The van der Waals surface area contributed by atoms with Crippen molar-refractivity contribution in [3.05, 3.63) is 83.9 Å². The number of carbonyl (C=O) groups is 1. The summed E-state index contributed by atoms with van der Waals surface area (Å²) < 4.78 is 39.1. The van der Waals surface area contributed by atoms with Crippen LogP contribution in [0.15, 0.2) is 66.7 Å². The molecule has 0 bridgehead atoms. The van der Waals surface area contributed by atoms with Crippen molar-refractivity contribution in [2.24, 2.45) is 0 Å². The zero-order valence-corrected chi connectivity index (χ0v) is 17.2. The Bertz CT molecular complexity index is 1430. The van der Waals surface area contributed by atoms with Crippen LogP contribution in [0.5, 0.6) is 11.5 Å². The summed E-state index contributed by atoms with van der Waals surface area (Å²) >= 11 is 0. The number of nitrogens with zero attached hydrogens (tertiary/aromatic N) is 1. The maximum absolute atomic E-state index is 14.1. The SMILES string of the molecule is O=C1COc2ccc(-c3cc(-c4ccc(F)cc4)c4c(n3)-c3cc(F)ccc3OC4)cc2N1. The average Bonchev–Trinajstić information content (AvgIpc) is 2.83. The number of rotatable bonds is 2. The van der Waals surface area contributed by atoms with Crippen LogP contribution >= 0.6 is 0 Å². The van der Waals surface area contributed by atoms with Crippen molar-refractivity contribution < 1.29 is 23.0 Å². The number of pyridine rings is 1. The van der Waals surface area contributed by atoms with Gasteiger partial charge in [-0.25, -0.2) is 13.8 Å². The van der Waals surface area contributed by atoms with Crippen LogP contribution < -0.4 is 14.8 Å². The fraction of sp³-hybridized carbons (Fsp3) is 0.0769. The lowest BCUT2D eigenvalue weighted by atomic mass is 9.92. The Morgan fingerprint density at radius 3 is 2.33 bits per heavy atom. The Morgan fingerprint density at radius 1 is 0.758 bits per heavy atom. The first-order chi connectivity index (χ1) is 16.0. The maximum Gasteiger partial charge on any atom is 0.262 e. The summed E-state index contributed by atoms with van der Waals surface area (Å²) in [5.74, 6) is 0.164. The first-order valence-corrected chi connectivity index (χ1v) is 10.3. The molecule has 162 valence electrons. The predicted octanol–water partition coefficient (Wildman–Crippen LogP) is 5.58. The third kappa shape index (κ3) is 3.38. The lowest BCUT2D eigenvalue weighted by Crippen LogP contribution is -2.25. The molecular formula is C26H16F2N2O3. The second-order valence-corrected chi connectivity index (χ2v) is 7.87. The Labute approximate surface area is 187 Å². The average molecular weight is 442 g/mol. The van der Waals surface area contributed by atoms with Crippen LogP contribution in [0.2, 0.25) is 0 Å². The molecule has 4 aromatic rings. The van der Waals surface area contributed by atoms with E-state index >= 15 is 0 Å². The van der Waals surface area contributed by atoms with Gasteiger partial charge in [-0.05, 0) is 65.7 Å². The van der Waals surface area contributed by atoms with E-state index in [-0.39, 0.29) is 24.9 Å². The summed E-state index contributed by atoms with van der Waals surface area (Å²) in [4.78, 5) is 16.6. The van der Waals surface area contributed by atoms with Gasteiger partial charge in [0.25, 0.3) is 5.91 Å². The second kappa shape index (κ2) is 7.41. The van der Waals surface area contributed by atoms with Gasteiger partial charge in [-0.2, -0.15) is 0 Å². The third-order valence-electron chi connectivity index (χ3n) is 5.76. The molecule has 33 heavy (non-hydrogen) atoms. The van der Waals surface area contributed by atoms with E-state index in [1.165, 1.54) is 24.3 Å². The summed E-state index contributed by atoms with van der Waals surface area (Å²) in [6, 6.07) is 17.8. The highest BCUT2D eigenvalue weighted by atomic mass is 19.1. The number of amides is 1. The van der Waals surface area contributed by atoms with E-state index < -0.39 is 5.82 Å². The largest absolute Gasteiger partial charge is 0.488 e. The molecule has 0 radical (unpaired) electrons. The monoisotopic (exact) mass is 442 g/mol.